The molecule has 0 saturated heterocycles. The third kappa shape index (κ3) is 3.25. The molecule has 0 heterocycles. The fraction of sp³-hybridized carbons (Fsp3) is 0.273. The Morgan fingerprint density at radius 2 is 1.60 bits per heavy atom. The minimum Gasteiger partial charge on any atom is -1.00 e. The van der Waals surface area contributed by atoms with Crippen molar-refractivity contribution in [3.63, 3.8) is 0 Å². The van der Waals surface area contributed by atoms with Crippen molar-refractivity contribution in [1.29, 1.82) is 0 Å². The number of hydrogen-bond donors (Lipinski definition) is 0. The van der Waals surface area contributed by atoms with Crippen LogP contribution in [-0.4, -0.2) is 0 Å². The molecule has 0 aromatic heterocycles. The summed E-state index contributed by atoms with van der Waals surface area (Å²) in [4.78, 5) is 0. The molecule has 0 aliphatic heterocycles. The standard InChI is InChI=1S/C11H11.3ClH.Ti/c1-8-7-9(2)11-6-4-3-5-10(8)11;;;;/h3-7H,1-2H3;3*1H;/q;;;;+3/p-3. The van der Waals surface area contributed by atoms with Crippen LogP contribution in [0.15, 0.2) is 30.3 Å². The second-order valence-corrected chi connectivity index (χ2v) is 5.20. The smallest absolute Gasteiger partial charge is 1.00 e. The first-order valence-corrected chi connectivity index (χ1v) is 4.94. The number of hydrogen-bond acceptors (Lipinski definition) is 0. The van der Waals surface area contributed by atoms with Gasteiger partial charge in [0.1, 0.15) is 0 Å². The molecule has 1 aromatic rings. The van der Waals surface area contributed by atoms with E-state index in [4.69, 9.17) is 0 Å². The van der Waals surface area contributed by atoms with E-state index < -0.39 is 0 Å². The van der Waals surface area contributed by atoms with Crippen LogP contribution in [0.2, 0.25) is 0 Å². The summed E-state index contributed by atoms with van der Waals surface area (Å²) in [5.41, 5.74) is 4.29. The zero-order valence-corrected chi connectivity index (χ0v) is 12.3. The van der Waals surface area contributed by atoms with Crippen LogP contribution in [0.5, 0.6) is 0 Å². The monoisotopic (exact) mass is 296 g/mol. The molecule has 4 heteroatoms. The molecule has 1 atom stereocenters. The van der Waals surface area contributed by atoms with Gasteiger partial charge in [0.2, 0.25) is 0 Å². The van der Waals surface area contributed by atoms with Crippen LogP contribution in [-0.2, 0) is 24.2 Å². The Balaban J connectivity index is 0. The van der Waals surface area contributed by atoms with Crippen molar-refractivity contribution < 1.29 is 57.7 Å². The Bertz CT molecular complexity index is 359. The van der Waals surface area contributed by atoms with Gasteiger partial charge in [-0.05, 0) is 0 Å². The average Bonchev–Trinajstić information content (AvgIpc) is 2.25. The van der Waals surface area contributed by atoms with Gasteiger partial charge >= 0.3 is 85.0 Å². The Hall–Kier alpha value is 0.544. The fourth-order valence-electron chi connectivity index (χ4n) is 1.87. The van der Waals surface area contributed by atoms with Crippen molar-refractivity contribution in [2.24, 2.45) is 0 Å². The maximum Gasteiger partial charge on any atom is -1.00 e. The second kappa shape index (κ2) is 6.32. The molecule has 1 aliphatic rings. The first-order valence-electron chi connectivity index (χ1n) is 4.15. The number of halogens is 3. The maximum atomic E-state index is 2.34. The van der Waals surface area contributed by atoms with E-state index in [1.807, 2.05) is 0 Å². The molecule has 0 saturated carbocycles. The maximum absolute atomic E-state index is 2.34. The van der Waals surface area contributed by atoms with Gasteiger partial charge in [0, 0.05) is 0 Å². The summed E-state index contributed by atoms with van der Waals surface area (Å²) in [5, 5.41) is 0. The second-order valence-electron chi connectivity index (χ2n) is 3.58. The van der Waals surface area contributed by atoms with Crippen LogP contribution in [0.3, 0.4) is 0 Å². The van der Waals surface area contributed by atoms with Crippen LogP contribution in [0.4, 0.5) is 0 Å². The van der Waals surface area contributed by atoms with Crippen molar-refractivity contribution >= 4 is 5.57 Å². The average molecular weight is 297 g/mol. The fourth-order valence-corrected chi connectivity index (χ4v) is 2.55. The van der Waals surface area contributed by atoms with Gasteiger partial charge in [-0.15, -0.1) is 0 Å². The number of allylic oxidation sites excluding steroid dienone is 2. The van der Waals surface area contributed by atoms with Gasteiger partial charge in [0.15, 0.2) is 0 Å². The molecule has 0 N–H and O–H groups in total. The van der Waals surface area contributed by atoms with E-state index >= 15 is 0 Å². The molecule has 0 amide bonds. The van der Waals surface area contributed by atoms with Crippen LogP contribution in [0.25, 0.3) is 5.57 Å². The van der Waals surface area contributed by atoms with Crippen molar-refractivity contribution in [3.05, 3.63) is 41.5 Å². The minimum absolute atomic E-state index is 0. The van der Waals surface area contributed by atoms with Crippen molar-refractivity contribution in [2.45, 2.75) is 17.6 Å². The third-order valence-corrected chi connectivity index (χ3v) is 3.06. The van der Waals surface area contributed by atoms with Gasteiger partial charge in [-0.3, -0.25) is 0 Å². The van der Waals surface area contributed by atoms with Crippen molar-refractivity contribution in [1.82, 2.24) is 0 Å². The molecular weight excluding hydrogens is 286 g/mol. The number of fused-ring (bicyclic) bond motifs is 1. The Morgan fingerprint density at radius 3 is 2.13 bits per heavy atom. The minimum atomic E-state index is 0. The first-order chi connectivity index (χ1) is 5.61. The van der Waals surface area contributed by atoms with E-state index in [2.05, 4.69) is 64.6 Å². The molecule has 0 radical (unpaired) electrons. The Labute approximate surface area is 122 Å². The van der Waals surface area contributed by atoms with Crippen molar-refractivity contribution in [3.8, 4) is 0 Å². The van der Waals surface area contributed by atoms with Gasteiger partial charge in [-0.2, -0.15) is 0 Å². The van der Waals surface area contributed by atoms with Crippen LogP contribution in [0.1, 0.15) is 25.0 Å². The third-order valence-electron chi connectivity index (χ3n) is 2.42. The summed E-state index contributed by atoms with van der Waals surface area (Å²) in [6.45, 7) is 4.45. The molecule has 1 aromatic carbocycles. The van der Waals surface area contributed by atoms with E-state index in [1.54, 1.807) is 0 Å². The Morgan fingerprint density at radius 1 is 1.07 bits per heavy atom. The van der Waals surface area contributed by atoms with E-state index in [-0.39, 0.29) is 40.9 Å². The van der Waals surface area contributed by atoms with Crippen LogP contribution >= 0.6 is 0 Å². The van der Waals surface area contributed by atoms with E-state index in [0.717, 1.165) is 0 Å². The number of rotatable bonds is 0. The van der Waals surface area contributed by atoms with Crippen molar-refractivity contribution in [2.75, 3.05) is 0 Å². The molecule has 2 rings (SSSR count). The molecule has 0 bridgehead atoms. The largest absolute Gasteiger partial charge is 1.00 e. The quantitative estimate of drug-likeness (QED) is 0.418. The molecule has 1 aliphatic carbocycles. The van der Waals surface area contributed by atoms with Gasteiger partial charge < -0.3 is 37.2 Å². The molecule has 80 valence electrons. The SMILES string of the molecule is CC1=C[C](C)([Ti+3])c2ccccc21.[Cl-].[Cl-].[Cl-]. The van der Waals surface area contributed by atoms with Gasteiger partial charge in [-0.25, -0.2) is 0 Å². The summed E-state index contributed by atoms with van der Waals surface area (Å²) in [6.07, 6.45) is 2.34. The first kappa shape index (κ1) is 17.9. The van der Waals surface area contributed by atoms with E-state index in [0.29, 0.717) is 0 Å². The summed E-state index contributed by atoms with van der Waals surface area (Å²) in [7, 11) is 0. The zero-order chi connectivity index (χ0) is 8.77. The molecule has 1 unspecified atom stereocenters. The molecular formula is C11H11Cl3Ti. The molecule has 15 heavy (non-hydrogen) atoms. The van der Waals surface area contributed by atoms with E-state index in [1.165, 1.54) is 16.7 Å². The summed E-state index contributed by atoms with van der Waals surface area (Å²) < 4.78 is 0.237. The van der Waals surface area contributed by atoms with Gasteiger partial charge in [-0.1, -0.05) is 0 Å². The summed E-state index contributed by atoms with van der Waals surface area (Å²) in [5.74, 6) is 0. The van der Waals surface area contributed by atoms with E-state index in [9.17, 15) is 0 Å². The predicted octanol–water partition coefficient (Wildman–Crippen LogP) is -6.12. The molecule has 0 nitrogen and oxygen atoms in total. The summed E-state index contributed by atoms with van der Waals surface area (Å²) >= 11 is 2.27. The molecule has 0 fully saturated rings. The van der Waals surface area contributed by atoms with Crippen LogP contribution in [0, 0.1) is 0 Å². The topological polar surface area (TPSA) is 0 Å². The van der Waals surface area contributed by atoms with Gasteiger partial charge in [0.05, 0.1) is 0 Å². The van der Waals surface area contributed by atoms with Gasteiger partial charge in [0.25, 0.3) is 0 Å². The normalized spacial score (nSPS) is 21.5. The van der Waals surface area contributed by atoms with Crippen LogP contribution < -0.4 is 37.2 Å². The summed E-state index contributed by atoms with van der Waals surface area (Å²) in [6, 6.07) is 8.66. The molecule has 0 spiro atoms. The Kier molecular flexibility index (Phi) is 7.55. The predicted molar refractivity (Wildman–Crippen MR) is 47.4 cm³/mol. The zero-order valence-electron chi connectivity index (χ0n) is 8.52. The number of benzene rings is 1.